The maximum Gasteiger partial charge on any atom is 0.255 e. The van der Waals surface area contributed by atoms with Crippen LogP contribution in [0.1, 0.15) is 41.6 Å². The fourth-order valence-corrected chi connectivity index (χ4v) is 5.24. The van der Waals surface area contributed by atoms with E-state index >= 15 is 0 Å². The van der Waals surface area contributed by atoms with Crippen LogP contribution in [0.15, 0.2) is 46.9 Å². The van der Waals surface area contributed by atoms with Gasteiger partial charge in [0.05, 0.1) is 19.8 Å². The van der Waals surface area contributed by atoms with Crippen LogP contribution in [-0.4, -0.2) is 43.2 Å². The molecule has 3 atom stereocenters. The molecule has 1 unspecified atom stereocenters. The zero-order valence-corrected chi connectivity index (χ0v) is 18.4. The van der Waals surface area contributed by atoms with E-state index in [2.05, 4.69) is 56.5 Å². The number of nitrogens with one attached hydrogen (secondary N) is 1. The first-order valence-electron chi connectivity index (χ1n) is 10.1. The van der Waals surface area contributed by atoms with Crippen LogP contribution in [-0.2, 0) is 6.54 Å². The maximum atomic E-state index is 13.0. The highest BCUT2D eigenvalue weighted by molar-refractivity contribution is 9.10. The fourth-order valence-electron chi connectivity index (χ4n) is 4.81. The second-order valence-electron chi connectivity index (χ2n) is 7.87. The summed E-state index contributed by atoms with van der Waals surface area (Å²) in [5, 5.41) is 3.25. The zero-order chi connectivity index (χ0) is 20.4. The molecule has 29 heavy (non-hydrogen) atoms. The normalized spacial score (nSPS) is 23.6. The van der Waals surface area contributed by atoms with E-state index in [0.29, 0.717) is 29.1 Å². The average molecular weight is 459 g/mol. The third-order valence-corrected chi connectivity index (χ3v) is 6.57. The number of piperidine rings is 1. The van der Waals surface area contributed by atoms with Gasteiger partial charge in [-0.2, -0.15) is 0 Å². The van der Waals surface area contributed by atoms with Crippen LogP contribution in [0.2, 0.25) is 0 Å². The number of amides is 1. The number of carbonyl (C=O) groups is 1. The third kappa shape index (κ3) is 4.28. The van der Waals surface area contributed by atoms with Crippen LogP contribution in [0.5, 0.6) is 11.5 Å². The zero-order valence-electron chi connectivity index (χ0n) is 16.9. The van der Waals surface area contributed by atoms with E-state index in [1.807, 2.05) is 0 Å². The lowest BCUT2D eigenvalue weighted by Crippen LogP contribution is -2.50. The predicted octanol–water partition coefficient (Wildman–Crippen LogP) is 4.39. The highest BCUT2D eigenvalue weighted by Crippen LogP contribution is 2.38. The monoisotopic (exact) mass is 458 g/mol. The number of ether oxygens (including phenoxy) is 2. The van der Waals surface area contributed by atoms with Crippen molar-refractivity contribution >= 4 is 21.8 Å². The molecular formula is C23H27BrN2O3. The lowest BCUT2D eigenvalue weighted by atomic mass is 9.96. The van der Waals surface area contributed by atoms with Crippen LogP contribution < -0.4 is 14.8 Å². The van der Waals surface area contributed by atoms with Crippen molar-refractivity contribution in [2.24, 2.45) is 0 Å². The predicted molar refractivity (Wildman–Crippen MR) is 117 cm³/mol. The van der Waals surface area contributed by atoms with Gasteiger partial charge < -0.3 is 14.8 Å². The van der Waals surface area contributed by atoms with Gasteiger partial charge in [-0.15, -0.1) is 0 Å². The van der Waals surface area contributed by atoms with Crippen LogP contribution in [0.3, 0.4) is 0 Å². The van der Waals surface area contributed by atoms with Gasteiger partial charge in [-0.25, -0.2) is 0 Å². The Bertz CT molecular complexity index is 860. The minimum atomic E-state index is -0.109. The van der Waals surface area contributed by atoms with E-state index in [1.165, 1.54) is 18.4 Å². The molecule has 154 valence electrons. The second kappa shape index (κ2) is 8.76. The number of fused-ring (bicyclic) bond motifs is 2. The molecule has 2 saturated heterocycles. The van der Waals surface area contributed by atoms with E-state index in [4.69, 9.17) is 9.47 Å². The molecule has 1 amide bonds. The number of methoxy groups -OCH3 is 2. The van der Waals surface area contributed by atoms with Gasteiger partial charge >= 0.3 is 0 Å². The molecule has 2 aromatic rings. The Morgan fingerprint density at radius 2 is 1.79 bits per heavy atom. The molecular weight excluding hydrogens is 432 g/mol. The van der Waals surface area contributed by atoms with Gasteiger partial charge in [-0.05, 0) is 43.4 Å². The summed E-state index contributed by atoms with van der Waals surface area (Å²) in [7, 11) is 3.14. The summed E-state index contributed by atoms with van der Waals surface area (Å²) in [6.45, 7) is 0.994. The average Bonchev–Trinajstić information content (AvgIpc) is 2.96. The Hall–Kier alpha value is -2.05. The molecule has 2 aromatic carbocycles. The number of carbonyl (C=O) groups excluding carboxylic acids is 1. The van der Waals surface area contributed by atoms with E-state index < -0.39 is 0 Å². The van der Waals surface area contributed by atoms with Crippen molar-refractivity contribution in [2.75, 3.05) is 14.2 Å². The number of hydrogen-bond acceptors (Lipinski definition) is 4. The lowest BCUT2D eigenvalue weighted by Gasteiger charge is -2.39. The first-order chi connectivity index (χ1) is 14.1. The van der Waals surface area contributed by atoms with Crippen LogP contribution >= 0.6 is 15.9 Å². The first kappa shape index (κ1) is 20.2. The number of rotatable bonds is 6. The summed E-state index contributed by atoms with van der Waals surface area (Å²) in [5.74, 6) is 0.907. The molecule has 0 spiro atoms. The van der Waals surface area contributed by atoms with Gasteiger partial charge in [-0.3, -0.25) is 9.69 Å². The quantitative estimate of drug-likeness (QED) is 0.696. The highest BCUT2D eigenvalue weighted by atomic mass is 79.9. The maximum absolute atomic E-state index is 13.0. The van der Waals surface area contributed by atoms with Crippen molar-refractivity contribution in [1.29, 1.82) is 0 Å². The summed E-state index contributed by atoms with van der Waals surface area (Å²) in [4.78, 5) is 15.7. The summed E-state index contributed by atoms with van der Waals surface area (Å²) in [5.41, 5.74) is 1.86. The Labute approximate surface area is 180 Å². The molecule has 0 radical (unpaired) electrons. The standard InChI is InChI=1S/C23H27BrN2O3/c1-28-21-11-16(24)10-20(22(21)29-2)23(27)25-17-12-18-8-9-19(13-17)26(18)14-15-6-4-3-5-7-15/h3-7,10-11,17-19H,8-9,12-14H2,1-2H3,(H,25,27)/t17?,18-,19+. The number of hydrogen-bond donors (Lipinski definition) is 1. The van der Waals surface area contributed by atoms with E-state index in [1.54, 1.807) is 26.4 Å². The number of nitrogens with zero attached hydrogens (tertiary/aromatic N) is 1. The Morgan fingerprint density at radius 1 is 1.10 bits per heavy atom. The summed E-state index contributed by atoms with van der Waals surface area (Å²) >= 11 is 3.46. The Kier molecular flexibility index (Phi) is 6.11. The summed E-state index contributed by atoms with van der Waals surface area (Å²) in [6.07, 6.45) is 4.39. The van der Waals surface area contributed by atoms with E-state index in [0.717, 1.165) is 23.9 Å². The van der Waals surface area contributed by atoms with Crippen molar-refractivity contribution in [3.05, 3.63) is 58.1 Å². The molecule has 6 heteroatoms. The largest absolute Gasteiger partial charge is 0.493 e. The van der Waals surface area contributed by atoms with Gasteiger partial charge in [0.15, 0.2) is 11.5 Å². The molecule has 0 saturated carbocycles. The highest BCUT2D eigenvalue weighted by Gasteiger charge is 2.41. The molecule has 2 fully saturated rings. The topological polar surface area (TPSA) is 50.8 Å². The molecule has 0 aliphatic carbocycles. The van der Waals surface area contributed by atoms with Crippen LogP contribution in [0.25, 0.3) is 0 Å². The molecule has 2 aliphatic rings. The van der Waals surface area contributed by atoms with E-state index in [-0.39, 0.29) is 11.9 Å². The van der Waals surface area contributed by atoms with Gasteiger partial charge in [0.2, 0.25) is 0 Å². The molecule has 2 heterocycles. The van der Waals surface area contributed by atoms with Gasteiger partial charge in [-0.1, -0.05) is 46.3 Å². The Balaban J connectivity index is 1.45. The molecule has 5 nitrogen and oxygen atoms in total. The minimum Gasteiger partial charge on any atom is -0.493 e. The molecule has 4 rings (SSSR count). The number of benzene rings is 2. The number of halogens is 1. The van der Waals surface area contributed by atoms with Crippen molar-refractivity contribution < 1.29 is 14.3 Å². The third-order valence-electron chi connectivity index (χ3n) is 6.12. The van der Waals surface area contributed by atoms with Crippen molar-refractivity contribution in [3.63, 3.8) is 0 Å². The second-order valence-corrected chi connectivity index (χ2v) is 8.79. The van der Waals surface area contributed by atoms with Crippen LogP contribution in [0, 0.1) is 0 Å². The SMILES string of the molecule is COc1cc(Br)cc(C(=O)NC2C[C@H]3CC[C@@H](C2)N3Cc2ccccc2)c1OC. The van der Waals surface area contributed by atoms with Gasteiger partial charge in [0.25, 0.3) is 5.91 Å². The first-order valence-corrected chi connectivity index (χ1v) is 10.9. The van der Waals surface area contributed by atoms with Gasteiger partial charge in [0.1, 0.15) is 0 Å². The lowest BCUT2D eigenvalue weighted by molar-refractivity contribution is 0.0825. The molecule has 1 N–H and O–H groups in total. The van der Waals surface area contributed by atoms with Crippen LogP contribution in [0.4, 0.5) is 0 Å². The Morgan fingerprint density at radius 3 is 2.41 bits per heavy atom. The smallest absolute Gasteiger partial charge is 0.255 e. The fraction of sp³-hybridized carbons (Fsp3) is 0.435. The molecule has 2 bridgehead atoms. The molecule has 0 aromatic heterocycles. The van der Waals surface area contributed by atoms with E-state index in [9.17, 15) is 4.79 Å². The minimum absolute atomic E-state index is 0.109. The van der Waals surface area contributed by atoms with Crippen molar-refractivity contribution in [3.8, 4) is 11.5 Å². The summed E-state index contributed by atoms with van der Waals surface area (Å²) in [6, 6.07) is 15.5. The van der Waals surface area contributed by atoms with Crippen molar-refractivity contribution in [1.82, 2.24) is 10.2 Å². The molecule has 2 aliphatic heterocycles. The van der Waals surface area contributed by atoms with Crippen molar-refractivity contribution in [2.45, 2.75) is 50.4 Å². The van der Waals surface area contributed by atoms with Gasteiger partial charge in [0, 0.05) is 29.1 Å². The summed E-state index contributed by atoms with van der Waals surface area (Å²) < 4.78 is 11.6.